The molecule has 2 atom stereocenters. The van der Waals surface area contributed by atoms with Gasteiger partial charge in [-0.25, -0.2) is 0 Å². The Hall–Kier alpha value is -0.820. The van der Waals surface area contributed by atoms with Crippen molar-refractivity contribution in [2.75, 3.05) is 0 Å². The van der Waals surface area contributed by atoms with Crippen molar-refractivity contribution in [2.45, 2.75) is 32.2 Å². The van der Waals surface area contributed by atoms with E-state index in [4.69, 9.17) is 5.73 Å². The lowest BCUT2D eigenvalue weighted by Crippen LogP contribution is -2.50. The van der Waals surface area contributed by atoms with Crippen molar-refractivity contribution in [3.63, 3.8) is 0 Å². The van der Waals surface area contributed by atoms with Crippen LogP contribution in [0, 0.1) is 12.8 Å². The number of benzene rings is 1. The highest BCUT2D eigenvalue weighted by molar-refractivity contribution is 5.30. The monoisotopic (exact) mass is 175 g/mol. The Kier molecular flexibility index (Phi) is 1.92. The van der Waals surface area contributed by atoms with E-state index >= 15 is 0 Å². The van der Waals surface area contributed by atoms with Crippen LogP contribution < -0.4 is 5.73 Å². The van der Waals surface area contributed by atoms with Gasteiger partial charge in [-0.15, -0.1) is 0 Å². The highest BCUT2D eigenvalue weighted by Crippen LogP contribution is 2.43. The normalized spacial score (nSPS) is 32.7. The minimum atomic E-state index is -0.0340. The fraction of sp³-hybridized carbons (Fsp3) is 0.500. The minimum absolute atomic E-state index is 0.0340. The van der Waals surface area contributed by atoms with E-state index in [9.17, 15) is 0 Å². The molecule has 1 aliphatic rings. The van der Waals surface area contributed by atoms with Gasteiger partial charge in [0.25, 0.3) is 0 Å². The number of aryl methyl sites for hydroxylation is 1. The van der Waals surface area contributed by atoms with Gasteiger partial charge >= 0.3 is 0 Å². The maximum absolute atomic E-state index is 6.32. The van der Waals surface area contributed by atoms with Crippen LogP contribution in [0.25, 0.3) is 0 Å². The third kappa shape index (κ3) is 1.28. The van der Waals surface area contributed by atoms with E-state index in [2.05, 4.69) is 38.1 Å². The molecule has 13 heavy (non-hydrogen) atoms. The van der Waals surface area contributed by atoms with E-state index in [1.54, 1.807) is 0 Å². The van der Waals surface area contributed by atoms with Gasteiger partial charge in [-0.2, -0.15) is 0 Å². The number of rotatable bonds is 1. The second-order valence-electron chi connectivity index (χ2n) is 4.35. The van der Waals surface area contributed by atoms with E-state index in [1.165, 1.54) is 17.5 Å². The zero-order valence-corrected chi connectivity index (χ0v) is 8.38. The van der Waals surface area contributed by atoms with E-state index < -0.39 is 0 Å². The lowest BCUT2D eigenvalue weighted by atomic mass is 9.64. The molecule has 0 heterocycles. The van der Waals surface area contributed by atoms with Crippen molar-refractivity contribution in [2.24, 2.45) is 11.7 Å². The maximum atomic E-state index is 6.32. The molecule has 0 bridgehead atoms. The first kappa shape index (κ1) is 8.76. The lowest BCUT2D eigenvalue weighted by Gasteiger charge is -2.45. The summed E-state index contributed by atoms with van der Waals surface area (Å²) in [7, 11) is 0. The Morgan fingerprint density at radius 2 is 1.92 bits per heavy atom. The van der Waals surface area contributed by atoms with Crippen molar-refractivity contribution < 1.29 is 0 Å². The molecule has 0 aliphatic heterocycles. The Bertz CT molecular complexity index is 301. The van der Waals surface area contributed by atoms with Crippen molar-refractivity contribution in [1.82, 2.24) is 0 Å². The average molecular weight is 175 g/mol. The molecule has 1 aliphatic carbocycles. The summed E-state index contributed by atoms with van der Waals surface area (Å²) in [6.07, 6.45) is 2.40. The summed E-state index contributed by atoms with van der Waals surface area (Å²) in [6.45, 7) is 4.35. The van der Waals surface area contributed by atoms with Crippen molar-refractivity contribution in [1.29, 1.82) is 0 Å². The summed E-state index contributed by atoms with van der Waals surface area (Å²) in [4.78, 5) is 0. The minimum Gasteiger partial charge on any atom is -0.321 e. The number of hydrogen-bond acceptors (Lipinski definition) is 1. The van der Waals surface area contributed by atoms with Crippen molar-refractivity contribution in [3.05, 3.63) is 35.4 Å². The fourth-order valence-electron chi connectivity index (χ4n) is 2.04. The molecule has 2 rings (SSSR count). The van der Waals surface area contributed by atoms with Crippen LogP contribution in [-0.2, 0) is 5.54 Å². The predicted molar refractivity (Wildman–Crippen MR) is 55.4 cm³/mol. The van der Waals surface area contributed by atoms with E-state index in [1.807, 2.05) is 0 Å². The topological polar surface area (TPSA) is 26.0 Å². The van der Waals surface area contributed by atoms with Crippen LogP contribution in [0.1, 0.15) is 30.9 Å². The van der Waals surface area contributed by atoms with Crippen LogP contribution in [0.5, 0.6) is 0 Å². The summed E-state index contributed by atoms with van der Waals surface area (Å²) >= 11 is 0. The smallest absolute Gasteiger partial charge is 0.0435 e. The van der Waals surface area contributed by atoms with Crippen LogP contribution >= 0.6 is 0 Å². The molecule has 1 heteroatoms. The Labute approximate surface area is 80.0 Å². The molecular weight excluding hydrogens is 158 g/mol. The summed E-state index contributed by atoms with van der Waals surface area (Å²) < 4.78 is 0. The van der Waals surface area contributed by atoms with Gasteiger partial charge in [0.05, 0.1) is 0 Å². The van der Waals surface area contributed by atoms with Crippen LogP contribution in [0.2, 0.25) is 0 Å². The predicted octanol–water partition coefficient (Wildman–Crippen LogP) is 2.58. The van der Waals surface area contributed by atoms with Gasteiger partial charge in [0, 0.05) is 5.54 Å². The molecule has 2 unspecified atom stereocenters. The highest BCUT2D eigenvalue weighted by Gasteiger charge is 2.41. The van der Waals surface area contributed by atoms with Gasteiger partial charge in [0.2, 0.25) is 0 Å². The van der Waals surface area contributed by atoms with Crippen LogP contribution in [-0.4, -0.2) is 0 Å². The molecule has 2 N–H and O–H groups in total. The molecule has 1 aromatic carbocycles. The Morgan fingerprint density at radius 3 is 2.31 bits per heavy atom. The molecule has 1 aromatic rings. The number of hydrogen-bond donors (Lipinski definition) is 1. The number of nitrogens with two attached hydrogens (primary N) is 1. The Morgan fingerprint density at radius 1 is 1.31 bits per heavy atom. The van der Waals surface area contributed by atoms with Crippen molar-refractivity contribution in [3.8, 4) is 0 Å². The van der Waals surface area contributed by atoms with Gasteiger partial charge in [-0.1, -0.05) is 36.8 Å². The second kappa shape index (κ2) is 2.85. The summed E-state index contributed by atoms with van der Waals surface area (Å²) in [5.41, 5.74) is 8.89. The lowest BCUT2D eigenvalue weighted by molar-refractivity contribution is 0.145. The first-order valence-electron chi connectivity index (χ1n) is 4.99. The van der Waals surface area contributed by atoms with Crippen LogP contribution in [0.3, 0.4) is 0 Å². The van der Waals surface area contributed by atoms with Crippen LogP contribution in [0.15, 0.2) is 24.3 Å². The first-order chi connectivity index (χ1) is 6.13. The fourth-order valence-corrected chi connectivity index (χ4v) is 2.04. The molecule has 1 fully saturated rings. The molecule has 0 aromatic heterocycles. The molecule has 0 saturated heterocycles. The van der Waals surface area contributed by atoms with Gasteiger partial charge in [-0.05, 0) is 31.2 Å². The van der Waals surface area contributed by atoms with Gasteiger partial charge < -0.3 is 5.73 Å². The van der Waals surface area contributed by atoms with E-state index in [0.717, 1.165) is 6.42 Å². The van der Waals surface area contributed by atoms with Crippen molar-refractivity contribution >= 4 is 0 Å². The highest BCUT2D eigenvalue weighted by atomic mass is 14.8. The molecule has 0 amide bonds. The molecule has 1 saturated carbocycles. The van der Waals surface area contributed by atoms with Gasteiger partial charge in [0.15, 0.2) is 0 Å². The molecule has 70 valence electrons. The van der Waals surface area contributed by atoms with E-state index in [0.29, 0.717) is 5.92 Å². The molecular formula is C12H17N. The van der Waals surface area contributed by atoms with Crippen LogP contribution in [0.4, 0.5) is 0 Å². The SMILES string of the molecule is Cc1ccc(C2(N)CCC2C)cc1. The second-order valence-corrected chi connectivity index (χ2v) is 4.35. The molecule has 0 radical (unpaired) electrons. The quantitative estimate of drug-likeness (QED) is 0.697. The maximum Gasteiger partial charge on any atom is 0.0435 e. The third-order valence-electron chi connectivity index (χ3n) is 3.46. The van der Waals surface area contributed by atoms with Gasteiger partial charge in [0.1, 0.15) is 0 Å². The molecule has 0 spiro atoms. The largest absolute Gasteiger partial charge is 0.321 e. The summed E-state index contributed by atoms with van der Waals surface area (Å²) in [5.74, 6) is 0.634. The summed E-state index contributed by atoms with van der Waals surface area (Å²) in [5, 5.41) is 0. The third-order valence-corrected chi connectivity index (χ3v) is 3.46. The average Bonchev–Trinajstić information content (AvgIpc) is 2.15. The zero-order valence-electron chi connectivity index (χ0n) is 8.38. The standard InChI is InChI=1S/C12H17N/c1-9-3-5-11(6-4-9)12(13)8-7-10(12)2/h3-6,10H,7-8,13H2,1-2H3. The first-order valence-corrected chi connectivity index (χ1v) is 4.99. The van der Waals surface area contributed by atoms with Gasteiger partial charge in [-0.3, -0.25) is 0 Å². The van der Waals surface area contributed by atoms with E-state index in [-0.39, 0.29) is 5.54 Å². The zero-order chi connectivity index (χ0) is 9.47. The Balaban J connectivity index is 2.30. The summed E-state index contributed by atoms with van der Waals surface area (Å²) in [6, 6.07) is 8.64. The molecule has 1 nitrogen and oxygen atoms in total.